The molecule has 1 fully saturated rings. The van der Waals surface area contributed by atoms with Crippen LogP contribution in [0.5, 0.6) is 0 Å². The summed E-state index contributed by atoms with van der Waals surface area (Å²) < 4.78 is 10.4. The Kier molecular flexibility index (Phi) is 5.05. The zero-order chi connectivity index (χ0) is 11.3. The SMILES string of the molecule is CCOC(=O)C(C)CN1CCOC(C)C1. The number of rotatable bonds is 4. The van der Waals surface area contributed by atoms with Crippen LogP contribution in [0, 0.1) is 5.92 Å². The van der Waals surface area contributed by atoms with Crippen LogP contribution < -0.4 is 0 Å². The van der Waals surface area contributed by atoms with Crippen molar-refractivity contribution < 1.29 is 14.3 Å². The maximum Gasteiger partial charge on any atom is 0.309 e. The molecule has 0 spiro atoms. The van der Waals surface area contributed by atoms with Gasteiger partial charge in [0.2, 0.25) is 0 Å². The minimum atomic E-state index is -0.100. The molecule has 4 heteroatoms. The Bertz CT molecular complexity index is 208. The quantitative estimate of drug-likeness (QED) is 0.653. The van der Waals surface area contributed by atoms with Gasteiger partial charge < -0.3 is 9.47 Å². The zero-order valence-electron chi connectivity index (χ0n) is 9.86. The van der Waals surface area contributed by atoms with Crippen molar-refractivity contribution in [1.82, 2.24) is 4.90 Å². The molecule has 1 saturated heterocycles. The molecule has 0 aromatic carbocycles. The van der Waals surface area contributed by atoms with E-state index in [1.165, 1.54) is 0 Å². The van der Waals surface area contributed by atoms with E-state index in [1.54, 1.807) is 0 Å². The average molecular weight is 215 g/mol. The van der Waals surface area contributed by atoms with Crippen molar-refractivity contribution in [2.24, 2.45) is 5.92 Å². The predicted molar refractivity (Wildman–Crippen MR) is 57.7 cm³/mol. The van der Waals surface area contributed by atoms with E-state index in [9.17, 15) is 4.79 Å². The minimum absolute atomic E-state index is 0.0461. The van der Waals surface area contributed by atoms with Gasteiger partial charge in [-0.05, 0) is 13.8 Å². The molecule has 0 aliphatic carbocycles. The van der Waals surface area contributed by atoms with E-state index < -0.39 is 0 Å². The Balaban J connectivity index is 2.30. The van der Waals surface area contributed by atoms with Crippen LogP contribution in [-0.4, -0.2) is 49.8 Å². The monoisotopic (exact) mass is 215 g/mol. The number of hydrogen-bond donors (Lipinski definition) is 0. The second-order valence-corrected chi connectivity index (χ2v) is 4.09. The summed E-state index contributed by atoms with van der Waals surface area (Å²) >= 11 is 0. The van der Waals surface area contributed by atoms with Crippen LogP contribution in [0.2, 0.25) is 0 Å². The van der Waals surface area contributed by atoms with Crippen LogP contribution in [-0.2, 0) is 14.3 Å². The van der Waals surface area contributed by atoms with Crippen LogP contribution >= 0.6 is 0 Å². The molecule has 0 aromatic heterocycles. The van der Waals surface area contributed by atoms with E-state index in [1.807, 2.05) is 13.8 Å². The lowest BCUT2D eigenvalue weighted by atomic mass is 10.1. The van der Waals surface area contributed by atoms with Gasteiger partial charge in [-0.25, -0.2) is 0 Å². The molecule has 1 rings (SSSR count). The first kappa shape index (κ1) is 12.5. The molecule has 2 unspecified atom stereocenters. The van der Waals surface area contributed by atoms with Gasteiger partial charge in [-0.3, -0.25) is 9.69 Å². The van der Waals surface area contributed by atoms with E-state index in [2.05, 4.69) is 11.8 Å². The second kappa shape index (κ2) is 6.08. The highest BCUT2D eigenvalue weighted by Crippen LogP contribution is 2.08. The average Bonchev–Trinajstić information content (AvgIpc) is 2.18. The van der Waals surface area contributed by atoms with Gasteiger partial charge in [0.25, 0.3) is 0 Å². The topological polar surface area (TPSA) is 38.8 Å². The van der Waals surface area contributed by atoms with Crippen molar-refractivity contribution in [3.05, 3.63) is 0 Å². The first-order valence-electron chi connectivity index (χ1n) is 5.64. The zero-order valence-corrected chi connectivity index (χ0v) is 9.86. The number of morpholine rings is 1. The number of hydrogen-bond acceptors (Lipinski definition) is 4. The van der Waals surface area contributed by atoms with Gasteiger partial charge >= 0.3 is 5.97 Å². The number of carbonyl (C=O) groups excluding carboxylic acids is 1. The summed E-state index contributed by atoms with van der Waals surface area (Å²) in [5, 5.41) is 0. The van der Waals surface area contributed by atoms with E-state index in [0.717, 1.165) is 26.2 Å². The lowest BCUT2D eigenvalue weighted by Gasteiger charge is -2.32. The lowest BCUT2D eigenvalue weighted by Crippen LogP contribution is -2.44. The van der Waals surface area contributed by atoms with E-state index >= 15 is 0 Å². The highest BCUT2D eigenvalue weighted by atomic mass is 16.5. The third kappa shape index (κ3) is 4.18. The molecule has 0 saturated carbocycles. The van der Waals surface area contributed by atoms with Gasteiger partial charge in [0.1, 0.15) is 0 Å². The third-order valence-corrected chi connectivity index (χ3v) is 2.55. The van der Waals surface area contributed by atoms with Gasteiger partial charge in [-0.1, -0.05) is 6.92 Å². The molecule has 0 aromatic rings. The van der Waals surface area contributed by atoms with Gasteiger partial charge in [-0.15, -0.1) is 0 Å². The molecule has 15 heavy (non-hydrogen) atoms. The summed E-state index contributed by atoms with van der Waals surface area (Å²) in [6.45, 7) is 9.62. The van der Waals surface area contributed by atoms with Crippen molar-refractivity contribution in [3.63, 3.8) is 0 Å². The summed E-state index contributed by atoms with van der Waals surface area (Å²) in [6, 6.07) is 0. The Morgan fingerprint density at radius 2 is 2.40 bits per heavy atom. The summed E-state index contributed by atoms with van der Waals surface area (Å²) in [5.74, 6) is -0.146. The smallest absolute Gasteiger partial charge is 0.309 e. The second-order valence-electron chi connectivity index (χ2n) is 4.09. The minimum Gasteiger partial charge on any atom is -0.466 e. The van der Waals surface area contributed by atoms with E-state index in [-0.39, 0.29) is 18.0 Å². The lowest BCUT2D eigenvalue weighted by molar-refractivity contribution is -0.148. The summed E-state index contributed by atoms with van der Waals surface area (Å²) in [4.78, 5) is 13.7. The highest BCUT2D eigenvalue weighted by molar-refractivity contribution is 5.72. The fraction of sp³-hybridized carbons (Fsp3) is 0.909. The van der Waals surface area contributed by atoms with Gasteiger partial charge in [0.05, 0.1) is 25.2 Å². The van der Waals surface area contributed by atoms with Crippen molar-refractivity contribution in [2.45, 2.75) is 26.9 Å². The van der Waals surface area contributed by atoms with Crippen LogP contribution in [0.15, 0.2) is 0 Å². The van der Waals surface area contributed by atoms with Crippen molar-refractivity contribution in [2.75, 3.05) is 32.8 Å². The fourth-order valence-corrected chi connectivity index (χ4v) is 1.80. The molecule has 0 radical (unpaired) electrons. The largest absolute Gasteiger partial charge is 0.466 e. The van der Waals surface area contributed by atoms with Gasteiger partial charge in [-0.2, -0.15) is 0 Å². The van der Waals surface area contributed by atoms with E-state index in [0.29, 0.717) is 6.61 Å². The van der Waals surface area contributed by atoms with Crippen LogP contribution in [0.3, 0.4) is 0 Å². The van der Waals surface area contributed by atoms with E-state index in [4.69, 9.17) is 9.47 Å². The molecule has 0 amide bonds. The molecule has 0 N–H and O–H groups in total. The molecule has 88 valence electrons. The number of nitrogens with zero attached hydrogens (tertiary/aromatic N) is 1. The molecular formula is C11H21NO3. The Morgan fingerprint density at radius 3 is 3.00 bits per heavy atom. The molecular weight excluding hydrogens is 194 g/mol. The molecule has 2 atom stereocenters. The van der Waals surface area contributed by atoms with Crippen LogP contribution in [0.4, 0.5) is 0 Å². The maximum absolute atomic E-state index is 11.4. The van der Waals surface area contributed by atoms with Crippen molar-refractivity contribution in [3.8, 4) is 0 Å². The van der Waals surface area contributed by atoms with Crippen molar-refractivity contribution >= 4 is 5.97 Å². The summed E-state index contributed by atoms with van der Waals surface area (Å²) in [7, 11) is 0. The van der Waals surface area contributed by atoms with Gasteiger partial charge in [0.15, 0.2) is 0 Å². The summed E-state index contributed by atoms with van der Waals surface area (Å²) in [5.41, 5.74) is 0. The first-order chi connectivity index (χ1) is 7.13. The molecule has 1 aliphatic rings. The molecule has 4 nitrogen and oxygen atoms in total. The molecule has 1 heterocycles. The van der Waals surface area contributed by atoms with Crippen LogP contribution in [0.1, 0.15) is 20.8 Å². The number of ether oxygens (including phenoxy) is 2. The first-order valence-corrected chi connectivity index (χ1v) is 5.64. The van der Waals surface area contributed by atoms with Crippen LogP contribution in [0.25, 0.3) is 0 Å². The Morgan fingerprint density at radius 1 is 1.67 bits per heavy atom. The standard InChI is InChI=1S/C11H21NO3/c1-4-14-11(13)9(2)7-12-5-6-15-10(3)8-12/h9-10H,4-8H2,1-3H3. The third-order valence-electron chi connectivity index (χ3n) is 2.55. The van der Waals surface area contributed by atoms with Gasteiger partial charge in [0, 0.05) is 19.6 Å². The Hall–Kier alpha value is -0.610. The maximum atomic E-state index is 11.4. The normalized spacial score (nSPS) is 24.9. The summed E-state index contributed by atoms with van der Waals surface area (Å²) in [6.07, 6.45) is 0.271. The predicted octanol–water partition coefficient (Wildman–Crippen LogP) is 0.906. The Labute approximate surface area is 91.5 Å². The fourth-order valence-electron chi connectivity index (χ4n) is 1.80. The molecule has 0 bridgehead atoms. The number of esters is 1. The van der Waals surface area contributed by atoms with Crippen molar-refractivity contribution in [1.29, 1.82) is 0 Å². The number of carbonyl (C=O) groups is 1. The molecule has 1 aliphatic heterocycles. The highest BCUT2D eigenvalue weighted by Gasteiger charge is 2.22.